The number of anilines is 1. The van der Waals surface area contributed by atoms with E-state index in [-0.39, 0.29) is 16.8 Å². The highest BCUT2D eigenvalue weighted by Gasteiger charge is 2.35. The zero-order chi connectivity index (χ0) is 14.3. The van der Waals surface area contributed by atoms with E-state index in [1.807, 2.05) is 6.08 Å². The first kappa shape index (κ1) is 13.3. The van der Waals surface area contributed by atoms with Gasteiger partial charge >= 0.3 is 0 Å². The fourth-order valence-electron chi connectivity index (χ4n) is 2.10. The van der Waals surface area contributed by atoms with Crippen LogP contribution in [0.1, 0.15) is 0 Å². The molecule has 1 amide bonds. The van der Waals surface area contributed by atoms with Crippen molar-refractivity contribution in [2.24, 2.45) is 10.9 Å². The normalized spacial score (nSPS) is 21.5. The van der Waals surface area contributed by atoms with Crippen LogP contribution in [0.15, 0.2) is 52.0 Å². The van der Waals surface area contributed by atoms with Crippen molar-refractivity contribution < 1.29 is 9.18 Å². The fraction of sp³-hybridized carbons (Fsp3) is 0.0714. The van der Waals surface area contributed by atoms with Gasteiger partial charge in [-0.05, 0) is 48.6 Å². The molecule has 0 spiro atoms. The minimum absolute atomic E-state index is 0.170. The number of carbonyl (C=O) groups excluding carboxylic acids is 1. The summed E-state index contributed by atoms with van der Waals surface area (Å²) in [7, 11) is 0. The van der Waals surface area contributed by atoms with Crippen LogP contribution in [0, 0.1) is 11.7 Å². The summed E-state index contributed by atoms with van der Waals surface area (Å²) in [5, 5.41) is 0.170. The molecule has 1 aromatic rings. The Morgan fingerprint density at radius 3 is 2.65 bits per heavy atom. The molecule has 1 aliphatic heterocycles. The highest BCUT2D eigenvalue weighted by molar-refractivity contribution is 9.11. The van der Waals surface area contributed by atoms with Gasteiger partial charge in [0.2, 0.25) is 11.0 Å². The molecule has 0 radical (unpaired) electrons. The number of rotatable bonds is 1. The highest BCUT2D eigenvalue weighted by atomic mass is 79.9. The maximum atomic E-state index is 13.0. The highest BCUT2D eigenvalue weighted by Crippen LogP contribution is 2.28. The van der Waals surface area contributed by atoms with Gasteiger partial charge in [-0.2, -0.15) is 0 Å². The van der Waals surface area contributed by atoms with Crippen molar-refractivity contribution >= 4 is 50.6 Å². The molecule has 3 rings (SSSR count). The van der Waals surface area contributed by atoms with E-state index in [0.29, 0.717) is 11.4 Å². The van der Waals surface area contributed by atoms with Crippen LogP contribution in [-0.2, 0) is 4.79 Å². The molecule has 0 aromatic heterocycles. The van der Waals surface area contributed by atoms with E-state index in [1.165, 1.54) is 29.2 Å². The van der Waals surface area contributed by atoms with Crippen LogP contribution in [0.25, 0.3) is 0 Å². The fourth-order valence-corrected chi connectivity index (χ4v) is 2.79. The molecule has 1 heterocycles. The predicted octanol–water partition coefficient (Wildman–Crippen LogP) is 3.36. The Bertz CT molecular complexity index is 694. The Labute approximate surface area is 128 Å². The smallest absolute Gasteiger partial charge is 0.246 e. The van der Waals surface area contributed by atoms with Gasteiger partial charge in [0, 0.05) is 4.48 Å². The number of nitrogens with zero attached hydrogens (tertiary/aromatic N) is 2. The van der Waals surface area contributed by atoms with Gasteiger partial charge in [0.25, 0.3) is 0 Å². The van der Waals surface area contributed by atoms with E-state index < -0.39 is 5.92 Å². The number of allylic oxidation sites excluding steroid dienone is 3. The van der Waals surface area contributed by atoms with Crippen LogP contribution in [0.4, 0.5) is 10.1 Å². The van der Waals surface area contributed by atoms with Crippen molar-refractivity contribution in [1.29, 1.82) is 0 Å². The molecule has 100 valence electrons. The number of halogens is 2. The summed E-state index contributed by atoms with van der Waals surface area (Å²) in [6.45, 7) is 0. The van der Waals surface area contributed by atoms with Crippen molar-refractivity contribution in [3.63, 3.8) is 0 Å². The number of thiocarbonyl (C=S) groups is 1. The van der Waals surface area contributed by atoms with Gasteiger partial charge in [-0.25, -0.2) is 9.38 Å². The first-order chi connectivity index (χ1) is 9.56. The van der Waals surface area contributed by atoms with Crippen LogP contribution in [0.2, 0.25) is 0 Å². The zero-order valence-electron chi connectivity index (χ0n) is 10.1. The van der Waals surface area contributed by atoms with Crippen LogP contribution in [-0.4, -0.2) is 16.7 Å². The zero-order valence-corrected chi connectivity index (χ0v) is 12.5. The number of aliphatic imine (C=N–C) groups is 1. The number of amides is 1. The molecule has 1 aromatic carbocycles. The summed E-state index contributed by atoms with van der Waals surface area (Å²) < 4.78 is 13.8. The summed E-state index contributed by atoms with van der Waals surface area (Å²) >= 11 is 8.52. The van der Waals surface area contributed by atoms with Gasteiger partial charge in [0.15, 0.2) is 0 Å². The Morgan fingerprint density at radius 2 is 1.95 bits per heavy atom. The predicted molar refractivity (Wildman–Crippen MR) is 83.6 cm³/mol. The van der Waals surface area contributed by atoms with Crippen LogP contribution in [0.5, 0.6) is 0 Å². The van der Waals surface area contributed by atoms with Gasteiger partial charge in [-0.1, -0.05) is 22.0 Å². The topological polar surface area (TPSA) is 32.7 Å². The van der Waals surface area contributed by atoms with Gasteiger partial charge in [-0.15, -0.1) is 0 Å². The van der Waals surface area contributed by atoms with E-state index >= 15 is 0 Å². The molecule has 2 aliphatic rings. The number of hydrogen-bond acceptors (Lipinski definition) is 2. The molecule has 1 unspecified atom stereocenters. The monoisotopic (exact) mass is 350 g/mol. The van der Waals surface area contributed by atoms with Gasteiger partial charge in [0.05, 0.1) is 11.4 Å². The van der Waals surface area contributed by atoms with Crippen molar-refractivity contribution in [2.75, 3.05) is 4.90 Å². The minimum atomic E-state index is -0.467. The molecule has 1 atom stereocenters. The molecule has 1 aliphatic carbocycles. The third-order valence-electron chi connectivity index (χ3n) is 3.05. The molecule has 6 heteroatoms. The summed E-state index contributed by atoms with van der Waals surface area (Å²) in [5.74, 6) is -1.02. The Morgan fingerprint density at radius 1 is 1.25 bits per heavy atom. The third-order valence-corrected chi connectivity index (χ3v) is 3.85. The van der Waals surface area contributed by atoms with Crippen molar-refractivity contribution in [2.45, 2.75) is 0 Å². The molecule has 0 fully saturated rings. The van der Waals surface area contributed by atoms with Crippen molar-refractivity contribution in [3.05, 3.63) is 52.8 Å². The lowest BCUT2D eigenvalue weighted by molar-refractivity contribution is -0.118. The Balaban J connectivity index is 2.04. The number of hydrogen-bond donors (Lipinski definition) is 0. The molecule has 0 saturated carbocycles. The second kappa shape index (κ2) is 5.03. The second-order valence-electron chi connectivity index (χ2n) is 4.33. The maximum absolute atomic E-state index is 13.0. The first-order valence-corrected chi connectivity index (χ1v) is 7.04. The van der Waals surface area contributed by atoms with E-state index in [0.717, 1.165) is 4.48 Å². The first-order valence-electron chi connectivity index (χ1n) is 5.84. The Hall–Kier alpha value is -1.66. The number of benzene rings is 1. The van der Waals surface area contributed by atoms with Crippen molar-refractivity contribution in [1.82, 2.24) is 0 Å². The number of carbonyl (C=O) groups is 1. The second-order valence-corrected chi connectivity index (χ2v) is 5.61. The van der Waals surface area contributed by atoms with Gasteiger partial charge in [-0.3, -0.25) is 9.69 Å². The van der Waals surface area contributed by atoms with Crippen LogP contribution in [0.3, 0.4) is 0 Å². The molecule has 0 saturated heterocycles. The summed E-state index contributed by atoms with van der Waals surface area (Å²) in [6.07, 6.45) is 5.36. The summed E-state index contributed by atoms with van der Waals surface area (Å²) in [5.41, 5.74) is 1.14. The largest absolute Gasteiger partial charge is 0.273 e. The van der Waals surface area contributed by atoms with Crippen molar-refractivity contribution in [3.8, 4) is 0 Å². The quantitative estimate of drug-likeness (QED) is 0.727. The average Bonchev–Trinajstić information content (AvgIpc) is 2.42. The number of fused-ring (bicyclic) bond motifs is 1. The van der Waals surface area contributed by atoms with Gasteiger partial charge in [0.1, 0.15) is 11.7 Å². The summed E-state index contributed by atoms with van der Waals surface area (Å²) in [4.78, 5) is 18.2. The minimum Gasteiger partial charge on any atom is -0.273 e. The molecular weight excluding hydrogens is 343 g/mol. The lowest BCUT2D eigenvalue weighted by Crippen LogP contribution is -2.46. The van der Waals surface area contributed by atoms with E-state index in [2.05, 4.69) is 20.9 Å². The summed E-state index contributed by atoms with van der Waals surface area (Å²) in [6, 6.07) is 5.60. The van der Waals surface area contributed by atoms with E-state index in [4.69, 9.17) is 12.2 Å². The van der Waals surface area contributed by atoms with Crippen LogP contribution >= 0.6 is 28.1 Å². The molecule has 0 N–H and O–H groups in total. The van der Waals surface area contributed by atoms with E-state index in [1.54, 1.807) is 12.2 Å². The molecule has 20 heavy (non-hydrogen) atoms. The molecule has 0 bridgehead atoms. The third kappa shape index (κ3) is 2.25. The Kier molecular flexibility index (Phi) is 3.35. The standard InChI is InChI=1S/C14H8BrFN2OS/c15-8-1-6-12-11(7-8)13(19)18(14(20)17-12)10-4-2-9(16)3-5-10/h1-7,11H. The lowest BCUT2D eigenvalue weighted by Gasteiger charge is -2.30. The lowest BCUT2D eigenvalue weighted by atomic mass is 9.95. The average molecular weight is 351 g/mol. The SMILES string of the molecule is O=C1C2C=C(Br)C=CC2=NC(=S)N1c1ccc(F)cc1. The maximum Gasteiger partial charge on any atom is 0.246 e. The van der Waals surface area contributed by atoms with E-state index in [9.17, 15) is 9.18 Å². The van der Waals surface area contributed by atoms with Gasteiger partial charge < -0.3 is 0 Å². The molecule has 3 nitrogen and oxygen atoms in total. The van der Waals surface area contributed by atoms with Crippen LogP contribution < -0.4 is 4.90 Å². The molecular formula is C14H8BrFN2OS.